The molecule has 1 N–H and O–H groups in total. The molecule has 2 heterocycles. The van der Waals surface area contributed by atoms with Crippen molar-refractivity contribution in [2.45, 2.75) is 26.5 Å². The number of carbonyl (C=O) groups is 1. The van der Waals surface area contributed by atoms with Crippen LogP contribution in [0.5, 0.6) is 11.5 Å². The number of nitrogens with one attached hydrogen (secondary N) is 1. The van der Waals surface area contributed by atoms with Crippen LogP contribution >= 0.6 is 56.5 Å². The Hall–Kier alpha value is -3.82. The van der Waals surface area contributed by atoms with Crippen molar-refractivity contribution in [1.82, 2.24) is 4.57 Å². The first-order valence-corrected chi connectivity index (χ1v) is 17.7. The van der Waals surface area contributed by atoms with Gasteiger partial charge in [-0.15, -0.1) is 0 Å². The number of rotatable bonds is 9. The van der Waals surface area contributed by atoms with Crippen LogP contribution in [0.25, 0.3) is 6.08 Å². The maximum Gasteiger partial charge on any atom is 0.271 e. The predicted octanol–water partition coefficient (Wildman–Crippen LogP) is 7.20. The third-order valence-electron chi connectivity index (χ3n) is 7.42. The summed E-state index contributed by atoms with van der Waals surface area (Å²) in [6, 6.07) is 26.1. The molecular formula is C36H28FI2N3O4S. The molecule has 7 nitrogen and oxygen atoms in total. The number of carbonyl (C=O) groups excluding carboxylic acids is 1. The van der Waals surface area contributed by atoms with Crippen LogP contribution in [0.15, 0.2) is 112 Å². The molecule has 0 saturated heterocycles. The van der Waals surface area contributed by atoms with Crippen LogP contribution in [0.2, 0.25) is 0 Å². The van der Waals surface area contributed by atoms with Crippen molar-refractivity contribution in [3.8, 4) is 11.5 Å². The number of amides is 1. The molecule has 47 heavy (non-hydrogen) atoms. The highest BCUT2D eigenvalue weighted by molar-refractivity contribution is 14.1. The number of ether oxygens (including phenoxy) is 2. The van der Waals surface area contributed by atoms with Gasteiger partial charge in [0.25, 0.3) is 11.5 Å². The van der Waals surface area contributed by atoms with Crippen molar-refractivity contribution in [1.29, 1.82) is 0 Å². The minimum atomic E-state index is -0.699. The number of hydrogen-bond donors (Lipinski definition) is 1. The molecule has 238 valence electrons. The average molecular weight is 872 g/mol. The molecule has 5 aromatic rings. The van der Waals surface area contributed by atoms with E-state index in [0.717, 1.165) is 23.8 Å². The molecule has 1 atom stereocenters. The lowest BCUT2D eigenvalue weighted by Gasteiger charge is -2.25. The summed E-state index contributed by atoms with van der Waals surface area (Å²) >= 11 is 5.72. The number of aromatic nitrogens is 1. The Morgan fingerprint density at radius 2 is 1.68 bits per heavy atom. The Labute approximate surface area is 301 Å². The zero-order chi connectivity index (χ0) is 33.1. The largest absolute Gasteiger partial charge is 0.494 e. The van der Waals surface area contributed by atoms with Crippen LogP contribution in [0.4, 0.5) is 10.1 Å². The highest BCUT2D eigenvalue weighted by Gasteiger charge is 2.32. The number of benzene rings is 4. The molecule has 11 heteroatoms. The summed E-state index contributed by atoms with van der Waals surface area (Å²) in [5.74, 6) is 0.800. The highest BCUT2D eigenvalue weighted by Crippen LogP contribution is 2.33. The number of para-hydroxylation sites is 1. The smallest absolute Gasteiger partial charge is 0.271 e. The Morgan fingerprint density at radius 3 is 2.34 bits per heavy atom. The first kappa shape index (κ1) is 33.1. The average Bonchev–Trinajstić information content (AvgIpc) is 3.35. The van der Waals surface area contributed by atoms with Crippen molar-refractivity contribution >= 4 is 74.2 Å². The van der Waals surface area contributed by atoms with Gasteiger partial charge >= 0.3 is 0 Å². The van der Waals surface area contributed by atoms with Crippen LogP contribution in [-0.4, -0.2) is 17.1 Å². The lowest BCUT2D eigenvalue weighted by molar-refractivity contribution is -0.113. The topological polar surface area (TPSA) is 81.9 Å². The number of thiazole rings is 1. The number of anilines is 1. The molecule has 1 aromatic heterocycles. The molecule has 0 radical (unpaired) electrons. The maximum absolute atomic E-state index is 14.2. The Kier molecular flexibility index (Phi) is 10.2. The molecule has 1 aliphatic heterocycles. The number of allylic oxidation sites excluding steroid dienone is 1. The van der Waals surface area contributed by atoms with E-state index in [0.29, 0.717) is 51.0 Å². The van der Waals surface area contributed by atoms with Gasteiger partial charge in [0.15, 0.2) is 4.80 Å². The number of nitrogens with zero attached hydrogens (tertiary/aromatic N) is 2. The SMILES string of the molecule is CCOc1ccc([C@H]2C(C(=O)Nc3ccccc3)=C(C)N=c3s/c(=C\c4cc(I)c(OCc5ccc(F)cc5)c(I)c4)c(=O)n32)cc1. The van der Waals surface area contributed by atoms with Crippen molar-refractivity contribution < 1.29 is 18.7 Å². The first-order chi connectivity index (χ1) is 22.7. The third-order valence-corrected chi connectivity index (χ3v) is 10.0. The van der Waals surface area contributed by atoms with Crippen molar-refractivity contribution in [2.24, 2.45) is 4.99 Å². The van der Waals surface area contributed by atoms with Gasteiger partial charge in [-0.2, -0.15) is 0 Å². The second kappa shape index (κ2) is 14.5. The van der Waals surface area contributed by atoms with Gasteiger partial charge in [-0.05, 0) is 130 Å². The van der Waals surface area contributed by atoms with E-state index in [1.165, 1.54) is 23.5 Å². The summed E-state index contributed by atoms with van der Waals surface area (Å²) in [7, 11) is 0. The first-order valence-electron chi connectivity index (χ1n) is 14.7. The molecule has 6 rings (SSSR count). The molecule has 1 aliphatic rings. The van der Waals surface area contributed by atoms with Crippen LogP contribution in [0.3, 0.4) is 0 Å². The van der Waals surface area contributed by atoms with Crippen LogP contribution in [0.1, 0.15) is 36.6 Å². The maximum atomic E-state index is 14.2. The predicted molar refractivity (Wildman–Crippen MR) is 199 cm³/mol. The molecule has 0 bridgehead atoms. The van der Waals surface area contributed by atoms with Gasteiger partial charge < -0.3 is 14.8 Å². The lowest BCUT2D eigenvalue weighted by Crippen LogP contribution is -2.40. The molecule has 0 saturated carbocycles. The summed E-state index contributed by atoms with van der Waals surface area (Å²) in [4.78, 5) is 33.2. The zero-order valence-corrected chi connectivity index (χ0v) is 30.4. The van der Waals surface area contributed by atoms with Crippen molar-refractivity contribution in [3.63, 3.8) is 0 Å². The summed E-state index contributed by atoms with van der Waals surface area (Å²) in [5.41, 5.74) is 3.79. The van der Waals surface area contributed by atoms with Crippen LogP contribution < -0.4 is 29.7 Å². The fraction of sp³-hybridized carbons (Fsp3) is 0.139. The van der Waals surface area contributed by atoms with Gasteiger partial charge in [-0.3, -0.25) is 14.2 Å². The van der Waals surface area contributed by atoms with Gasteiger partial charge in [0.2, 0.25) is 0 Å². The van der Waals surface area contributed by atoms with E-state index in [4.69, 9.17) is 14.5 Å². The minimum absolute atomic E-state index is 0.244. The van der Waals surface area contributed by atoms with E-state index >= 15 is 0 Å². The van der Waals surface area contributed by atoms with Gasteiger partial charge in [0.1, 0.15) is 23.9 Å². The fourth-order valence-corrected chi connectivity index (χ4v) is 8.42. The summed E-state index contributed by atoms with van der Waals surface area (Å²) in [5, 5.41) is 2.98. The monoisotopic (exact) mass is 871 g/mol. The Bertz CT molecular complexity index is 2140. The third kappa shape index (κ3) is 7.36. The molecule has 0 spiro atoms. The van der Waals surface area contributed by atoms with Gasteiger partial charge in [-0.25, -0.2) is 9.38 Å². The number of hydrogen-bond acceptors (Lipinski definition) is 6. The zero-order valence-electron chi connectivity index (χ0n) is 25.3. The van der Waals surface area contributed by atoms with Gasteiger partial charge in [0.05, 0.1) is 35.6 Å². The summed E-state index contributed by atoms with van der Waals surface area (Å²) in [6.07, 6.45) is 1.84. The molecule has 0 unspecified atom stereocenters. The van der Waals surface area contributed by atoms with Gasteiger partial charge in [-0.1, -0.05) is 53.8 Å². The van der Waals surface area contributed by atoms with E-state index in [1.807, 2.05) is 79.7 Å². The molecule has 0 aliphatic carbocycles. The lowest BCUT2D eigenvalue weighted by atomic mass is 9.95. The fourth-order valence-electron chi connectivity index (χ4n) is 5.25. The minimum Gasteiger partial charge on any atom is -0.494 e. The van der Waals surface area contributed by atoms with Crippen molar-refractivity contribution in [3.05, 3.63) is 152 Å². The van der Waals surface area contributed by atoms with E-state index in [9.17, 15) is 14.0 Å². The van der Waals surface area contributed by atoms with Gasteiger partial charge in [0, 0.05) is 5.69 Å². The second-order valence-electron chi connectivity index (χ2n) is 10.6. The van der Waals surface area contributed by atoms with Crippen LogP contribution in [0, 0.1) is 13.0 Å². The van der Waals surface area contributed by atoms with E-state index in [-0.39, 0.29) is 17.3 Å². The quantitative estimate of drug-likeness (QED) is 0.159. The van der Waals surface area contributed by atoms with E-state index in [2.05, 4.69) is 50.5 Å². The molecule has 1 amide bonds. The highest BCUT2D eigenvalue weighted by atomic mass is 127. The normalized spacial score (nSPS) is 14.4. The number of fused-ring (bicyclic) bond motifs is 1. The second-order valence-corrected chi connectivity index (χ2v) is 14.0. The number of halogens is 3. The molecule has 0 fully saturated rings. The summed E-state index contributed by atoms with van der Waals surface area (Å²) in [6.45, 7) is 4.54. The van der Waals surface area contributed by atoms with Crippen LogP contribution in [-0.2, 0) is 11.4 Å². The molecular weight excluding hydrogens is 843 g/mol. The van der Waals surface area contributed by atoms with Crippen molar-refractivity contribution in [2.75, 3.05) is 11.9 Å². The Balaban J connectivity index is 1.38. The molecule has 4 aromatic carbocycles. The van der Waals surface area contributed by atoms with E-state index < -0.39 is 6.04 Å². The summed E-state index contributed by atoms with van der Waals surface area (Å²) < 4.78 is 28.9. The Morgan fingerprint density at radius 1 is 1.00 bits per heavy atom. The standard InChI is InChI=1S/C36H28FI2N3O4S/c1-3-45-27-15-11-24(12-16-27)32-31(34(43)41-26-7-5-4-6-8-26)21(2)40-36-42(32)35(44)30(47-36)19-23-17-28(38)33(29(39)18-23)46-20-22-9-13-25(37)14-10-22/h4-19,32H,3,20H2,1-2H3,(H,41,43)/b30-19-/t32-/m0/s1. The van der Waals surface area contributed by atoms with E-state index in [1.54, 1.807) is 23.6 Å².